The number of hydrogen-bond acceptors (Lipinski definition) is 5. The van der Waals surface area contributed by atoms with E-state index < -0.39 is 35.9 Å². The molecule has 5 N–H and O–H groups in total. The summed E-state index contributed by atoms with van der Waals surface area (Å²) in [5.41, 5.74) is -0.176. The van der Waals surface area contributed by atoms with Crippen LogP contribution >= 0.6 is 0 Å². The molecule has 1 aliphatic rings. The lowest BCUT2D eigenvalue weighted by Gasteiger charge is -2.31. The summed E-state index contributed by atoms with van der Waals surface area (Å²) in [4.78, 5) is 51.4. The second-order valence-corrected chi connectivity index (χ2v) is 10.7. The van der Waals surface area contributed by atoms with E-state index in [0.717, 1.165) is 25.7 Å². The van der Waals surface area contributed by atoms with Gasteiger partial charge in [-0.25, -0.2) is 9.59 Å². The molecule has 1 rings (SSSR count). The first kappa shape index (κ1) is 31.4. The summed E-state index contributed by atoms with van der Waals surface area (Å²) in [6.45, 7) is 10.6. The van der Waals surface area contributed by atoms with Crippen LogP contribution in [-0.4, -0.2) is 78.6 Å². The van der Waals surface area contributed by atoms with E-state index in [4.69, 9.17) is 0 Å². The van der Waals surface area contributed by atoms with Gasteiger partial charge < -0.3 is 31.3 Å². The number of carbonyl (C=O) groups excluding carboxylic acids is 3. The van der Waals surface area contributed by atoms with Gasteiger partial charge in [-0.1, -0.05) is 59.6 Å². The minimum Gasteiger partial charge on any atom is -0.480 e. The molecule has 0 aromatic rings. The Hall–Kier alpha value is -2.62. The molecule has 206 valence electrons. The van der Waals surface area contributed by atoms with Crippen molar-refractivity contribution < 1.29 is 24.3 Å². The van der Waals surface area contributed by atoms with Crippen molar-refractivity contribution in [3.8, 4) is 0 Å². The number of amides is 4. The highest BCUT2D eigenvalue weighted by molar-refractivity contribution is 5.92. The van der Waals surface area contributed by atoms with Gasteiger partial charge in [0.15, 0.2) is 0 Å². The monoisotopic (exact) mass is 509 g/mol. The van der Waals surface area contributed by atoms with Gasteiger partial charge in [0.1, 0.15) is 12.1 Å². The van der Waals surface area contributed by atoms with Crippen LogP contribution in [0.2, 0.25) is 0 Å². The van der Waals surface area contributed by atoms with Gasteiger partial charge in [0.25, 0.3) is 0 Å². The van der Waals surface area contributed by atoms with E-state index in [2.05, 4.69) is 28.2 Å². The van der Waals surface area contributed by atoms with Crippen molar-refractivity contribution in [3.63, 3.8) is 0 Å². The molecule has 0 aromatic carbocycles. The lowest BCUT2D eigenvalue weighted by atomic mass is 9.87. The van der Waals surface area contributed by atoms with Crippen molar-refractivity contribution in [1.82, 2.24) is 26.2 Å². The maximum absolute atomic E-state index is 13.0. The Balaban J connectivity index is 2.68. The van der Waals surface area contributed by atoms with Gasteiger partial charge in [-0.05, 0) is 38.1 Å². The molecule has 36 heavy (non-hydrogen) atoms. The second-order valence-electron chi connectivity index (χ2n) is 10.7. The second kappa shape index (κ2) is 15.5. The number of rotatable bonds is 14. The van der Waals surface area contributed by atoms with Crippen LogP contribution in [0, 0.1) is 11.3 Å². The molecule has 1 aliphatic heterocycles. The zero-order valence-corrected chi connectivity index (χ0v) is 22.9. The fraction of sp³-hybridized carbons (Fsp3) is 0.769. The highest BCUT2D eigenvalue weighted by Crippen LogP contribution is 2.20. The fourth-order valence-corrected chi connectivity index (χ4v) is 4.18. The highest BCUT2D eigenvalue weighted by atomic mass is 16.4. The van der Waals surface area contributed by atoms with Crippen LogP contribution in [0.25, 0.3) is 0 Å². The van der Waals surface area contributed by atoms with Crippen LogP contribution in [-0.2, 0) is 14.4 Å². The number of likely N-dealkylation sites (tertiary alicyclic amines) is 1. The molecule has 4 atom stereocenters. The Morgan fingerprint density at radius 2 is 1.83 bits per heavy atom. The molecule has 2 unspecified atom stereocenters. The van der Waals surface area contributed by atoms with Crippen molar-refractivity contribution in [2.45, 2.75) is 91.3 Å². The lowest BCUT2D eigenvalue weighted by Crippen LogP contribution is -2.55. The van der Waals surface area contributed by atoms with Crippen LogP contribution in [0.4, 0.5) is 4.79 Å². The number of aliphatic carboxylic acids is 1. The Morgan fingerprint density at radius 3 is 2.42 bits per heavy atom. The molecule has 0 spiro atoms. The van der Waals surface area contributed by atoms with Gasteiger partial charge in [0.05, 0.1) is 6.54 Å². The SMILES string of the molecule is CCCCC/C=C\C(C)[C@@H](NC(=O)[C@@H]1CCCN1C(=O)CNC(=O)NC(CNC)C(C)(C)C)C(=O)O. The summed E-state index contributed by atoms with van der Waals surface area (Å²) < 4.78 is 0. The summed E-state index contributed by atoms with van der Waals surface area (Å²) in [6.07, 6.45) is 9.02. The first-order chi connectivity index (χ1) is 16.9. The molecule has 1 fully saturated rings. The quantitative estimate of drug-likeness (QED) is 0.180. The molecule has 0 saturated carbocycles. The number of carboxylic acid groups (broad SMARTS) is 1. The van der Waals surface area contributed by atoms with Gasteiger partial charge in [-0.15, -0.1) is 0 Å². The van der Waals surface area contributed by atoms with Crippen LogP contribution < -0.4 is 21.3 Å². The van der Waals surface area contributed by atoms with E-state index in [1.165, 1.54) is 4.90 Å². The number of carbonyl (C=O) groups is 4. The molecule has 0 aromatic heterocycles. The number of allylic oxidation sites excluding steroid dienone is 1. The largest absolute Gasteiger partial charge is 0.480 e. The maximum Gasteiger partial charge on any atom is 0.326 e. The zero-order valence-electron chi connectivity index (χ0n) is 22.9. The summed E-state index contributed by atoms with van der Waals surface area (Å²) in [6, 6.07) is -2.43. The number of urea groups is 1. The molecular weight excluding hydrogens is 462 g/mol. The molecule has 0 bridgehead atoms. The average molecular weight is 510 g/mol. The first-order valence-electron chi connectivity index (χ1n) is 13.1. The summed E-state index contributed by atoms with van der Waals surface area (Å²) in [5.74, 6) is -2.36. The van der Waals surface area contributed by atoms with Gasteiger partial charge in [-0.2, -0.15) is 0 Å². The van der Waals surface area contributed by atoms with E-state index in [9.17, 15) is 24.3 Å². The number of hydrogen-bond donors (Lipinski definition) is 5. The van der Waals surface area contributed by atoms with Crippen molar-refractivity contribution >= 4 is 23.8 Å². The van der Waals surface area contributed by atoms with Crippen LogP contribution in [0.1, 0.15) is 73.1 Å². The predicted molar refractivity (Wildman–Crippen MR) is 140 cm³/mol. The Kier molecular flexibility index (Phi) is 13.5. The summed E-state index contributed by atoms with van der Waals surface area (Å²) in [5, 5.41) is 20.8. The molecule has 0 radical (unpaired) electrons. The van der Waals surface area contributed by atoms with E-state index >= 15 is 0 Å². The number of nitrogens with zero attached hydrogens (tertiary/aromatic N) is 1. The predicted octanol–water partition coefficient (Wildman–Crippen LogP) is 2.25. The van der Waals surface area contributed by atoms with E-state index in [1.807, 2.05) is 32.9 Å². The summed E-state index contributed by atoms with van der Waals surface area (Å²) >= 11 is 0. The van der Waals surface area contributed by atoms with Crippen molar-refractivity contribution in [1.29, 1.82) is 0 Å². The first-order valence-corrected chi connectivity index (χ1v) is 13.1. The number of unbranched alkanes of at least 4 members (excludes halogenated alkanes) is 3. The van der Waals surface area contributed by atoms with E-state index in [0.29, 0.717) is 25.9 Å². The molecule has 1 heterocycles. The number of carboxylic acids is 1. The third-order valence-corrected chi connectivity index (χ3v) is 6.54. The van der Waals surface area contributed by atoms with Crippen LogP contribution in [0.5, 0.6) is 0 Å². The minimum atomic E-state index is -1.11. The third kappa shape index (κ3) is 10.6. The smallest absolute Gasteiger partial charge is 0.326 e. The topological polar surface area (TPSA) is 140 Å². The average Bonchev–Trinajstić information content (AvgIpc) is 3.29. The highest BCUT2D eigenvalue weighted by Gasteiger charge is 2.36. The maximum atomic E-state index is 13.0. The van der Waals surface area contributed by atoms with E-state index in [-0.39, 0.29) is 23.9 Å². The molecule has 0 aliphatic carbocycles. The standard InChI is InChI=1S/C26H47N5O5/c1-7-8-9-10-11-13-18(2)22(24(34)35)30-23(33)19-14-12-15-31(19)21(32)17-28-25(36)29-20(16-27-6)26(3,4)5/h11,13,18-20,22,27H,7-10,12,14-17H2,1-6H3,(H,30,33)(H,34,35)(H2,28,29,36)/b13-11-/t18?,19-,20?,22+/m0/s1. The van der Waals surface area contributed by atoms with Gasteiger partial charge in [0, 0.05) is 25.0 Å². The zero-order chi connectivity index (χ0) is 27.3. The molecule has 4 amide bonds. The van der Waals surface area contributed by atoms with Crippen molar-refractivity contribution in [2.75, 3.05) is 26.7 Å². The van der Waals surface area contributed by atoms with Crippen LogP contribution in [0.15, 0.2) is 12.2 Å². The van der Waals surface area contributed by atoms with Crippen molar-refractivity contribution in [2.24, 2.45) is 11.3 Å². The minimum absolute atomic E-state index is 0.140. The fourth-order valence-electron chi connectivity index (χ4n) is 4.18. The molecule has 10 nitrogen and oxygen atoms in total. The number of nitrogens with one attached hydrogen (secondary N) is 4. The lowest BCUT2D eigenvalue weighted by molar-refractivity contribution is -0.144. The molecular formula is C26H47N5O5. The van der Waals surface area contributed by atoms with Crippen molar-refractivity contribution in [3.05, 3.63) is 12.2 Å². The normalized spacial score (nSPS) is 18.5. The Labute approximate surface area is 216 Å². The molecule has 10 heteroatoms. The Bertz CT molecular complexity index is 764. The van der Waals surface area contributed by atoms with Crippen LogP contribution in [0.3, 0.4) is 0 Å². The van der Waals surface area contributed by atoms with Gasteiger partial charge in [0.2, 0.25) is 11.8 Å². The number of likely N-dealkylation sites (N-methyl/N-ethyl adjacent to an activating group) is 1. The van der Waals surface area contributed by atoms with Gasteiger partial charge >= 0.3 is 12.0 Å². The third-order valence-electron chi connectivity index (χ3n) is 6.54. The molecule has 1 saturated heterocycles. The van der Waals surface area contributed by atoms with Gasteiger partial charge in [-0.3, -0.25) is 9.59 Å². The summed E-state index contributed by atoms with van der Waals surface area (Å²) in [7, 11) is 1.81. The van der Waals surface area contributed by atoms with E-state index in [1.54, 1.807) is 14.0 Å². The Morgan fingerprint density at radius 1 is 1.14 bits per heavy atom.